The van der Waals surface area contributed by atoms with Crippen molar-refractivity contribution in [3.8, 4) is 6.07 Å². The first-order valence-electron chi connectivity index (χ1n) is 8.48. The summed E-state index contributed by atoms with van der Waals surface area (Å²) in [5.41, 5.74) is 4.67. The van der Waals surface area contributed by atoms with Crippen molar-refractivity contribution in [2.24, 2.45) is 5.92 Å². The molecule has 0 radical (unpaired) electrons. The number of rotatable bonds is 2. The van der Waals surface area contributed by atoms with E-state index in [9.17, 15) is 4.79 Å². The molecule has 0 bridgehead atoms. The van der Waals surface area contributed by atoms with Gasteiger partial charge in [0.15, 0.2) is 5.78 Å². The number of hydrogen-bond acceptors (Lipinski definition) is 2. The Labute approximate surface area is 146 Å². The van der Waals surface area contributed by atoms with E-state index in [-0.39, 0.29) is 23.0 Å². The zero-order valence-electron chi connectivity index (χ0n) is 13.5. The van der Waals surface area contributed by atoms with Gasteiger partial charge in [-0.2, -0.15) is 5.26 Å². The van der Waals surface area contributed by atoms with Crippen LogP contribution < -0.4 is 0 Å². The second kappa shape index (κ2) is 4.91. The van der Waals surface area contributed by atoms with Crippen molar-refractivity contribution in [2.45, 2.75) is 11.3 Å². The van der Waals surface area contributed by atoms with Gasteiger partial charge in [-0.05, 0) is 28.8 Å². The van der Waals surface area contributed by atoms with Crippen molar-refractivity contribution in [1.82, 2.24) is 0 Å². The van der Waals surface area contributed by atoms with Crippen molar-refractivity contribution in [3.05, 3.63) is 107 Å². The summed E-state index contributed by atoms with van der Waals surface area (Å²) in [6.45, 7) is 0. The summed E-state index contributed by atoms with van der Waals surface area (Å²) in [5, 5.41) is 9.09. The predicted octanol–water partition coefficient (Wildman–Crippen LogP) is 4.45. The zero-order chi connectivity index (χ0) is 17.0. The fourth-order valence-electron chi connectivity index (χ4n) is 4.75. The molecule has 0 N–H and O–H groups in total. The first kappa shape index (κ1) is 14.2. The van der Waals surface area contributed by atoms with E-state index in [2.05, 4.69) is 24.3 Å². The highest BCUT2D eigenvalue weighted by Crippen LogP contribution is 2.73. The zero-order valence-corrected chi connectivity index (χ0v) is 13.5. The Kier molecular flexibility index (Phi) is 2.79. The molecule has 2 aliphatic carbocycles. The highest BCUT2D eigenvalue weighted by molar-refractivity contribution is 6.09. The molecule has 2 heteroatoms. The summed E-state index contributed by atoms with van der Waals surface area (Å²) in [4.78, 5) is 13.1. The van der Waals surface area contributed by atoms with Crippen LogP contribution in [0.25, 0.3) is 0 Å². The van der Waals surface area contributed by atoms with Gasteiger partial charge >= 0.3 is 0 Å². The minimum absolute atomic E-state index is 0.0414. The van der Waals surface area contributed by atoms with E-state index in [0.717, 1.165) is 16.7 Å². The monoisotopic (exact) mass is 321 g/mol. The fraction of sp³-hybridized carbons (Fsp3) is 0.130. The van der Waals surface area contributed by atoms with Crippen molar-refractivity contribution in [1.29, 1.82) is 5.26 Å². The highest BCUT2D eigenvalue weighted by Gasteiger charge is 2.73. The van der Waals surface area contributed by atoms with Crippen LogP contribution in [-0.4, -0.2) is 5.78 Å². The fourth-order valence-corrected chi connectivity index (χ4v) is 4.75. The molecule has 2 nitrogen and oxygen atoms in total. The van der Waals surface area contributed by atoms with Crippen LogP contribution in [0.3, 0.4) is 0 Å². The quantitative estimate of drug-likeness (QED) is 0.699. The van der Waals surface area contributed by atoms with Crippen molar-refractivity contribution in [2.75, 3.05) is 0 Å². The van der Waals surface area contributed by atoms with E-state index in [0.29, 0.717) is 5.56 Å². The second-order valence-corrected chi connectivity index (χ2v) is 6.83. The molecule has 1 fully saturated rings. The lowest BCUT2D eigenvalue weighted by molar-refractivity contribution is 0.0966. The molecule has 118 valence electrons. The van der Waals surface area contributed by atoms with E-state index in [1.165, 1.54) is 5.56 Å². The Bertz CT molecular complexity index is 1030. The molecule has 3 aromatic carbocycles. The van der Waals surface area contributed by atoms with Crippen molar-refractivity contribution < 1.29 is 4.79 Å². The number of fused-ring (bicyclic) bond motifs is 3. The number of hydrogen-bond donors (Lipinski definition) is 0. The van der Waals surface area contributed by atoms with Crippen LogP contribution >= 0.6 is 0 Å². The van der Waals surface area contributed by atoms with Crippen LogP contribution in [0.2, 0.25) is 0 Å². The maximum atomic E-state index is 13.1. The third-order valence-corrected chi connectivity index (χ3v) is 5.79. The van der Waals surface area contributed by atoms with Gasteiger partial charge in [0.25, 0.3) is 0 Å². The number of benzene rings is 3. The number of nitriles is 1. The molecule has 0 saturated heterocycles. The molecule has 0 amide bonds. The Morgan fingerprint density at radius 2 is 1.40 bits per heavy atom. The lowest BCUT2D eigenvalue weighted by Gasteiger charge is -2.23. The number of carbonyl (C=O) groups excluding carboxylic acids is 1. The minimum atomic E-state index is -0.305. The summed E-state index contributed by atoms with van der Waals surface area (Å²) in [6, 6.07) is 28.2. The van der Waals surface area contributed by atoms with Gasteiger partial charge in [-0.1, -0.05) is 66.7 Å². The number of ketones is 1. The summed E-state index contributed by atoms with van der Waals surface area (Å²) >= 11 is 0. The topological polar surface area (TPSA) is 40.9 Å². The SMILES string of the molecule is N#Cc1ccc([C@]2(c3ccccc3)[C@@H]3C(=O)c4ccccc4[C@@H]32)cc1. The van der Waals surface area contributed by atoms with E-state index < -0.39 is 0 Å². The molecular weight excluding hydrogens is 306 g/mol. The summed E-state index contributed by atoms with van der Waals surface area (Å²) < 4.78 is 0. The molecule has 5 rings (SSSR count). The van der Waals surface area contributed by atoms with E-state index >= 15 is 0 Å². The maximum Gasteiger partial charge on any atom is 0.168 e. The minimum Gasteiger partial charge on any atom is -0.294 e. The lowest BCUT2D eigenvalue weighted by atomic mass is 9.79. The van der Waals surface area contributed by atoms with Crippen molar-refractivity contribution >= 4 is 5.78 Å². The van der Waals surface area contributed by atoms with Gasteiger partial charge in [0.2, 0.25) is 0 Å². The lowest BCUT2D eigenvalue weighted by Crippen LogP contribution is -2.20. The van der Waals surface area contributed by atoms with E-state index in [1.807, 2.05) is 60.7 Å². The van der Waals surface area contributed by atoms with Gasteiger partial charge in [0, 0.05) is 22.8 Å². The Hall–Kier alpha value is -3.18. The van der Waals surface area contributed by atoms with Gasteiger partial charge in [-0.3, -0.25) is 4.79 Å². The van der Waals surface area contributed by atoms with Crippen molar-refractivity contribution in [3.63, 3.8) is 0 Å². The van der Waals surface area contributed by atoms with Crippen LogP contribution in [0, 0.1) is 17.2 Å². The normalized spacial score (nSPS) is 25.8. The van der Waals surface area contributed by atoms with E-state index in [1.54, 1.807) is 0 Å². The third-order valence-electron chi connectivity index (χ3n) is 5.79. The smallest absolute Gasteiger partial charge is 0.168 e. The molecule has 1 saturated carbocycles. The Morgan fingerprint density at radius 3 is 2.12 bits per heavy atom. The summed E-state index contributed by atoms with van der Waals surface area (Å²) in [5.74, 6) is 0.389. The molecule has 2 aliphatic rings. The average molecular weight is 321 g/mol. The summed E-state index contributed by atoms with van der Waals surface area (Å²) in [6.07, 6.45) is 0. The summed E-state index contributed by atoms with van der Waals surface area (Å²) in [7, 11) is 0. The van der Waals surface area contributed by atoms with Gasteiger partial charge in [-0.25, -0.2) is 0 Å². The Morgan fingerprint density at radius 1 is 0.760 bits per heavy atom. The van der Waals surface area contributed by atoms with Gasteiger partial charge in [0.1, 0.15) is 0 Å². The van der Waals surface area contributed by atoms with Gasteiger partial charge < -0.3 is 0 Å². The molecule has 0 aliphatic heterocycles. The molecule has 0 heterocycles. The van der Waals surface area contributed by atoms with Crippen LogP contribution in [0.1, 0.15) is 38.5 Å². The largest absolute Gasteiger partial charge is 0.294 e. The molecule has 0 unspecified atom stereocenters. The highest BCUT2D eigenvalue weighted by atomic mass is 16.1. The molecular formula is C23H15NO. The molecule has 3 atom stereocenters. The first-order chi connectivity index (χ1) is 12.3. The molecule has 3 aromatic rings. The Balaban J connectivity index is 1.74. The standard InChI is InChI=1S/C23H15NO/c24-14-15-10-12-17(13-11-15)23(16-6-2-1-3-7-16)20-18-8-4-5-9-19(18)22(25)21(20)23/h1-13,20-21H/t20-,21-,23-/m0/s1. The second-order valence-electron chi connectivity index (χ2n) is 6.83. The average Bonchev–Trinajstić information content (AvgIpc) is 3.30. The van der Waals surface area contributed by atoms with E-state index in [4.69, 9.17) is 5.26 Å². The predicted molar refractivity (Wildman–Crippen MR) is 95.4 cm³/mol. The van der Waals surface area contributed by atoms with Gasteiger partial charge in [-0.15, -0.1) is 0 Å². The van der Waals surface area contributed by atoms with Crippen LogP contribution in [0.5, 0.6) is 0 Å². The number of nitrogens with zero attached hydrogens (tertiary/aromatic N) is 1. The number of carbonyl (C=O) groups is 1. The molecule has 25 heavy (non-hydrogen) atoms. The molecule has 0 aromatic heterocycles. The third kappa shape index (κ3) is 1.70. The van der Waals surface area contributed by atoms with Crippen LogP contribution in [0.15, 0.2) is 78.9 Å². The molecule has 0 spiro atoms. The van der Waals surface area contributed by atoms with Crippen LogP contribution in [0.4, 0.5) is 0 Å². The van der Waals surface area contributed by atoms with Crippen LogP contribution in [-0.2, 0) is 5.41 Å². The van der Waals surface area contributed by atoms with Gasteiger partial charge in [0.05, 0.1) is 11.6 Å². The first-order valence-corrected chi connectivity index (χ1v) is 8.48. The number of Topliss-reactive ketones (excluding diaryl/α,β-unsaturated/α-hetero) is 1. The maximum absolute atomic E-state index is 13.1.